The second-order valence-electron chi connectivity index (χ2n) is 12.1. The number of amides is 1. The number of nitrogens with zero attached hydrogens (tertiary/aromatic N) is 4. The number of thioether (sulfide) groups is 1. The number of nitrogens with one attached hydrogen (secondary N) is 1. The van der Waals surface area contributed by atoms with Crippen molar-refractivity contribution in [3.05, 3.63) is 125 Å². The lowest BCUT2D eigenvalue weighted by atomic mass is 9.91. The second-order valence-corrected chi connectivity index (χ2v) is 13.1. The van der Waals surface area contributed by atoms with Gasteiger partial charge in [0.25, 0.3) is 5.91 Å². The van der Waals surface area contributed by atoms with Gasteiger partial charge in [-0.25, -0.2) is 0 Å². The van der Waals surface area contributed by atoms with Gasteiger partial charge in [-0.1, -0.05) is 110 Å². The maximum Gasteiger partial charge on any atom is 0.303 e. The number of aromatic nitrogens is 4. The monoisotopic (exact) mass is 693 g/mol. The van der Waals surface area contributed by atoms with Crippen molar-refractivity contribution >= 4 is 23.6 Å². The Labute approximate surface area is 295 Å². The van der Waals surface area contributed by atoms with E-state index in [1.165, 1.54) is 18.7 Å². The van der Waals surface area contributed by atoms with E-state index in [0.29, 0.717) is 10.9 Å². The van der Waals surface area contributed by atoms with Crippen LogP contribution in [0.5, 0.6) is 0 Å². The van der Waals surface area contributed by atoms with E-state index in [-0.39, 0.29) is 37.2 Å². The Morgan fingerprint density at radius 1 is 0.940 bits per heavy atom. The summed E-state index contributed by atoms with van der Waals surface area (Å²) in [5.41, 5.74) is 6.42. The topological polar surface area (TPSA) is 138 Å². The molecule has 1 fully saturated rings. The van der Waals surface area contributed by atoms with Crippen LogP contribution in [-0.4, -0.2) is 55.2 Å². The van der Waals surface area contributed by atoms with E-state index >= 15 is 0 Å². The van der Waals surface area contributed by atoms with Gasteiger partial charge in [-0.3, -0.25) is 9.59 Å². The van der Waals surface area contributed by atoms with Crippen molar-refractivity contribution < 1.29 is 28.9 Å². The fourth-order valence-corrected chi connectivity index (χ4v) is 6.93. The van der Waals surface area contributed by atoms with Crippen molar-refractivity contribution in [2.75, 3.05) is 5.75 Å². The molecule has 1 aliphatic heterocycles. The van der Waals surface area contributed by atoms with E-state index in [1.807, 2.05) is 103 Å². The number of rotatable bonds is 12. The van der Waals surface area contributed by atoms with E-state index in [9.17, 15) is 14.7 Å². The van der Waals surface area contributed by atoms with Crippen LogP contribution in [0.25, 0.3) is 16.8 Å². The molecular weight excluding hydrogens is 655 g/mol. The minimum atomic E-state index is -0.880. The summed E-state index contributed by atoms with van der Waals surface area (Å²) in [4.78, 5) is 23.8. The first-order valence-electron chi connectivity index (χ1n) is 16.4. The third-order valence-corrected chi connectivity index (χ3v) is 9.63. The molecule has 0 bridgehead atoms. The van der Waals surface area contributed by atoms with Crippen LogP contribution >= 0.6 is 11.8 Å². The highest BCUT2D eigenvalue weighted by atomic mass is 32.2. The predicted molar refractivity (Wildman–Crippen MR) is 188 cm³/mol. The van der Waals surface area contributed by atoms with Gasteiger partial charge in [-0.2, -0.15) is 4.68 Å². The molecule has 2 N–H and O–H groups in total. The number of para-hydroxylation sites is 1. The molecule has 0 unspecified atom stereocenters. The minimum absolute atomic E-state index is 0.00953. The molecule has 5 atom stereocenters. The van der Waals surface area contributed by atoms with Crippen LogP contribution in [0.2, 0.25) is 0 Å². The van der Waals surface area contributed by atoms with Crippen LogP contribution in [-0.2, 0) is 37.0 Å². The average Bonchev–Trinajstić information content (AvgIpc) is 3.62. The molecule has 12 heteroatoms. The lowest BCUT2D eigenvalue weighted by Gasteiger charge is -2.41. The van der Waals surface area contributed by atoms with E-state index in [4.69, 9.17) is 14.2 Å². The Morgan fingerprint density at radius 3 is 2.36 bits per heavy atom. The molecule has 1 amide bonds. The fourth-order valence-electron chi connectivity index (χ4n) is 5.87. The highest BCUT2D eigenvalue weighted by molar-refractivity contribution is 7.99. The van der Waals surface area contributed by atoms with E-state index in [0.717, 1.165) is 39.1 Å². The van der Waals surface area contributed by atoms with Gasteiger partial charge in [0.05, 0.1) is 24.5 Å². The summed E-state index contributed by atoms with van der Waals surface area (Å²) >= 11 is 1.53. The van der Waals surface area contributed by atoms with Crippen molar-refractivity contribution in [3.63, 3.8) is 0 Å². The Kier molecular flexibility index (Phi) is 11.3. The molecule has 4 aromatic carbocycles. The molecule has 258 valence electrons. The van der Waals surface area contributed by atoms with Crippen LogP contribution < -0.4 is 5.32 Å². The third-order valence-electron chi connectivity index (χ3n) is 8.62. The summed E-state index contributed by atoms with van der Waals surface area (Å²) in [5, 5.41) is 25.5. The lowest BCUT2D eigenvalue weighted by Crippen LogP contribution is -2.38. The number of carbonyl (C=O) groups excluding carboxylic acids is 2. The minimum Gasteiger partial charge on any atom is -0.453 e. The van der Waals surface area contributed by atoms with E-state index in [2.05, 4.69) is 27.8 Å². The third kappa shape index (κ3) is 8.28. The number of aliphatic hydroxyl groups is 1. The van der Waals surface area contributed by atoms with Gasteiger partial charge in [-0.05, 0) is 57.3 Å². The highest BCUT2D eigenvalue weighted by Crippen LogP contribution is 2.43. The Morgan fingerprint density at radius 2 is 1.64 bits per heavy atom. The molecule has 1 aliphatic rings. The Bertz CT molecular complexity index is 1890. The molecule has 5 aromatic rings. The smallest absolute Gasteiger partial charge is 0.303 e. The Balaban J connectivity index is 1.21. The maximum atomic E-state index is 12.5. The van der Waals surface area contributed by atoms with Crippen molar-refractivity contribution in [3.8, 4) is 16.8 Å². The molecule has 0 spiro atoms. The zero-order valence-electron chi connectivity index (χ0n) is 28.0. The fraction of sp³-hybridized carbons (Fsp3) is 0.289. The van der Waals surface area contributed by atoms with Crippen molar-refractivity contribution in [1.82, 2.24) is 25.5 Å². The molecule has 0 saturated carbocycles. The van der Waals surface area contributed by atoms with Crippen LogP contribution in [0.1, 0.15) is 55.4 Å². The molecule has 1 saturated heterocycles. The van der Waals surface area contributed by atoms with Crippen molar-refractivity contribution in [2.24, 2.45) is 5.92 Å². The number of hydrogen-bond donors (Lipinski definition) is 2. The number of aliphatic hydroxyl groups excluding tert-OH is 1. The van der Waals surface area contributed by atoms with Gasteiger partial charge >= 0.3 is 5.97 Å². The standard InChI is InChI=1S/C38H39N5O6S/c1-24-34(23-50-38-40-41-42-43(38)32-10-5-4-6-11-32)48-37(49-35(24)29-15-13-27(22-44)14-16-29)30-19-17-28(18-20-30)33-12-8-7-9-31(33)21-39-36(46)25(2)47-26(3)45/h4-20,24-25,34-35,37,44H,21-23H2,1-3H3,(H,39,46)/t24-,25+,34+,35+,37+/m1/s1. The summed E-state index contributed by atoms with van der Waals surface area (Å²) in [5.74, 6) is -0.290. The van der Waals surface area contributed by atoms with Crippen LogP contribution in [0.4, 0.5) is 0 Å². The van der Waals surface area contributed by atoms with Crippen molar-refractivity contribution in [2.45, 2.75) is 63.7 Å². The molecule has 1 aromatic heterocycles. The van der Waals surface area contributed by atoms with Crippen molar-refractivity contribution in [1.29, 1.82) is 0 Å². The molecule has 2 heterocycles. The van der Waals surface area contributed by atoms with Gasteiger partial charge in [0.1, 0.15) is 0 Å². The summed E-state index contributed by atoms with van der Waals surface area (Å²) in [6, 6.07) is 33.5. The number of hydrogen-bond acceptors (Lipinski definition) is 10. The highest BCUT2D eigenvalue weighted by Gasteiger charge is 2.38. The molecule has 11 nitrogen and oxygen atoms in total. The first kappa shape index (κ1) is 35.0. The Hall–Kier alpha value is -4.88. The van der Waals surface area contributed by atoms with E-state index in [1.54, 1.807) is 11.6 Å². The number of benzene rings is 4. The zero-order chi connectivity index (χ0) is 35.0. The number of tetrazole rings is 1. The van der Waals surface area contributed by atoms with Crippen LogP contribution in [0.3, 0.4) is 0 Å². The molecule has 6 rings (SSSR count). The predicted octanol–water partition coefficient (Wildman–Crippen LogP) is 5.97. The van der Waals surface area contributed by atoms with Crippen LogP contribution in [0.15, 0.2) is 108 Å². The number of ether oxygens (including phenoxy) is 3. The van der Waals surface area contributed by atoms with Gasteiger partial charge in [-0.15, -0.1) is 5.10 Å². The zero-order valence-corrected chi connectivity index (χ0v) is 28.8. The maximum absolute atomic E-state index is 12.5. The lowest BCUT2D eigenvalue weighted by molar-refractivity contribution is -0.268. The van der Waals surface area contributed by atoms with Gasteiger partial charge in [0, 0.05) is 30.7 Å². The van der Waals surface area contributed by atoms with Gasteiger partial charge in [0.15, 0.2) is 12.4 Å². The molecule has 0 aliphatic carbocycles. The van der Waals surface area contributed by atoms with Gasteiger partial charge in [0.2, 0.25) is 5.16 Å². The van der Waals surface area contributed by atoms with Crippen LogP contribution in [0, 0.1) is 5.92 Å². The normalized spacial score (nSPS) is 19.4. The number of carbonyl (C=O) groups is 2. The molecule has 0 radical (unpaired) electrons. The van der Waals surface area contributed by atoms with E-state index < -0.39 is 18.4 Å². The molecule has 50 heavy (non-hydrogen) atoms. The average molecular weight is 694 g/mol. The first-order chi connectivity index (χ1) is 24.3. The summed E-state index contributed by atoms with van der Waals surface area (Å²) in [6.45, 7) is 5.19. The van der Waals surface area contributed by atoms with Gasteiger partial charge < -0.3 is 24.6 Å². The number of esters is 1. The summed E-state index contributed by atoms with van der Waals surface area (Å²) in [6.07, 6.45) is -2.00. The summed E-state index contributed by atoms with van der Waals surface area (Å²) in [7, 11) is 0. The molecular formula is C38H39N5O6S. The second kappa shape index (κ2) is 16.2. The largest absolute Gasteiger partial charge is 0.453 e. The SMILES string of the molecule is CC(=O)O[C@@H](C)C(=O)NCc1ccccc1-c1ccc([C@H]2O[C@@H](CSc3nnnn3-c3ccccc3)[C@@H](C)[C@@H](c3ccc(CO)cc3)O2)cc1. The summed E-state index contributed by atoms with van der Waals surface area (Å²) < 4.78 is 20.1. The first-order valence-corrected chi connectivity index (χ1v) is 17.4. The quantitative estimate of drug-likeness (QED) is 0.119.